The standard InChI is InChI=1S/C12H25N3O/c1-5-8-15-10(6-7-13)11(16)14(4)9-12(15,2)3/h10H,5-9,13H2,1-4H3. The summed E-state index contributed by atoms with van der Waals surface area (Å²) in [5, 5.41) is 0. The van der Waals surface area contributed by atoms with Crippen LogP contribution in [0.3, 0.4) is 0 Å². The number of rotatable bonds is 4. The molecule has 0 aromatic rings. The molecule has 0 aromatic heterocycles. The molecule has 0 aromatic carbocycles. The maximum absolute atomic E-state index is 12.1. The maximum Gasteiger partial charge on any atom is 0.239 e. The molecule has 94 valence electrons. The van der Waals surface area contributed by atoms with E-state index in [0.717, 1.165) is 25.9 Å². The topological polar surface area (TPSA) is 49.6 Å². The summed E-state index contributed by atoms with van der Waals surface area (Å²) in [4.78, 5) is 16.3. The minimum atomic E-state index is -0.0290. The van der Waals surface area contributed by atoms with E-state index in [1.165, 1.54) is 0 Å². The first kappa shape index (κ1) is 13.5. The number of hydrogen-bond acceptors (Lipinski definition) is 3. The first-order chi connectivity index (χ1) is 7.44. The molecule has 1 saturated heterocycles. The van der Waals surface area contributed by atoms with E-state index >= 15 is 0 Å². The molecule has 1 atom stereocenters. The van der Waals surface area contributed by atoms with E-state index in [9.17, 15) is 4.79 Å². The number of carbonyl (C=O) groups excluding carboxylic acids is 1. The average molecular weight is 227 g/mol. The van der Waals surface area contributed by atoms with Gasteiger partial charge in [-0.25, -0.2) is 0 Å². The average Bonchev–Trinajstić information content (AvgIpc) is 2.19. The van der Waals surface area contributed by atoms with Crippen LogP contribution in [0, 0.1) is 0 Å². The fourth-order valence-electron chi connectivity index (χ4n) is 2.70. The molecule has 2 N–H and O–H groups in total. The highest BCUT2D eigenvalue weighted by atomic mass is 16.2. The summed E-state index contributed by atoms with van der Waals surface area (Å²) in [5.41, 5.74) is 5.67. The number of nitrogens with zero attached hydrogens (tertiary/aromatic N) is 2. The summed E-state index contributed by atoms with van der Waals surface area (Å²) in [6.45, 7) is 8.90. The van der Waals surface area contributed by atoms with Crippen molar-refractivity contribution in [2.75, 3.05) is 26.7 Å². The van der Waals surface area contributed by atoms with Crippen LogP contribution in [0.5, 0.6) is 0 Å². The summed E-state index contributed by atoms with van der Waals surface area (Å²) < 4.78 is 0. The van der Waals surface area contributed by atoms with E-state index in [0.29, 0.717) is 6.54 Å². The smallest absolute Gasteiger partial charge is 0.239 e. The van der Waals surface area contributed by atoms with Crippen LogP contribution in [-0.2, 0) is 4.79 Å². The van der Waals surface area contributed by atoms with Crippen molar-refractivity contribution in [2.45, 2.75) is 45.2 Å². The molecule has 16 heavy (non-hydrogen) atoms. The zero-order valence-electron chi connectivity index (χ0n) is 11.0. The van der Waals surface area contributed by atoms with E-state index < -0.39 is 0 Å². The lowest BCUT2D eigenvalue weighted by molar-refractivity contribution is -0.148. The molecule has 0 aliphatic carbocycles. The third-order valence-electron chi connectivity index (χ3n) is 3.34. The van der Waals surface area contributed by atoms with E-state index in [1.807, 2.05) is 11.9 Å². The lowest BCUT2D eigenvalue weighted by Crippen LogP contribution is -2.66. The predicted molar refractivity (Wildman–Crippen MR) is 66.2 cm³/mol. The Bertz CT molecular complexity index is 253. The Kier molecular flexibility index (Phi) is 4.33. The molecule has 1 unspecified atom stereocenters. The Labute approximate surface area is 98.8 Å². The third kappa shape index (κ3) is 2.55. The van der Waals surface area contributed by atoms with E-state index in [-0.39, 0.29) is 17.5 Å². The minimum Gasteiger partial charge on any atom is -0.343 e. The van der Waals surface area contributed by atoms with Crippen molar-refractivity contribution in [3.05, 3.63) is 0 Å². The van der Waals surface area contributed by atoms with Crippen molar-refractivity contribution in [3.8, 4) is 0 Å². The van der Waals surface area contributed by atoms with Crippen LogP contribution < -0.4 is 5.73 Å². The summed E-state index contributed by atoms with van der Waals surface area (Å²) in [5.74, 6) is 0.221. The van der Waals surface area contributed by atoms with Gasteiger partial charge in [-0.05, 0) is 39.8 Å². The van der Waals surface area contributed by atoms with Gasteiger partial charge < -0.3 is 10.6 Å². The quantitative estimate of drug-likeness (QED) is 0.768. The summed E-state index contributed by atoms with van der Waals surface area (Å²) >= 11 is 0. The number of carbonyl (C=O) groups is 1. The summed E-state index contributed by atoms with van der Waals surface area (Å²) in [6.07, 6.45) is 1.83. The Morgan fingerprint density at radius 1 is 1.50 bits per heavy atom. The van der Waals surface area contributed by atoms with Crippen LogP contribution in [0.4, 0.5) is 0 Å². The van der Waals surface area contributed by atoms with Gasteiger partial charge in [-0.3, -0.25) is 9.69 Å². The lowest BCUT2D eigenvalue weighted by atomic mass is 9.93. The number of nitrogens with two attached hydrogens (primary N) is 1. The normalized spacial score (nSPS) is 26.2. The molecule has 0 bridgehead atoms. The van der Waals surface area contributed by atoms with Gasteiger partial charge in [0.25, 0.3) is 0 Å². The van der Waals surface area contributed by atoms with Gasteiger partial charge in [-0.2, -0.15) is 0 Å². The minimum absolute atomic E-state index is 0.0290. The van der Waals surface area contributed by atoms with E-state index in [1.54, 1.807) is 0 Å². The lowest BCUT2D eigenvalue weighted by Gasteiger charge is -2.50. The molecular weight excluding hydrogens is 202 g/mol. The highest BCUT2D eigenvalue weighted by Gasteiger charge is 2.42. The van der Waals surface area contributed by atoms with Crippen LogP contribution in [0.15, 0.2) is 0 Å². The molecule has 0 radical (unpaired) electrons. The SMILES string of the molecule is CCCN1C(CCN)C(=O)N(C)CC1(C)C. The number of hydrogen-bond donors (Lipinski definition) is 1. The van der Waals surface area contributed by atoms with Gasteiger partial charge in [0.15, 0.2) is 0 Å². The second-order valence-corrected chi connectivity index (χ2v) is 5.29. The molecule has 0 saturated carbocycles. The van der Waals surface area contributed by atoms with Gasteiger partial charge in [-0.15, -0.1) is 0 Å². The molecule has 1 rings (SSSR count). The Morgan fingerprint density at radius 2 is 2.12 bits per heavy atom. The first-order valence-electron chi connectivity index (χ1n) is 6.16. The van der Waals surface area contributed by atoms with Crippen molar-refractivity contribution in [3.63, 3.8) is 0 Å². The van der Waals surface area contributed by atoms with Crippen LogP contribution in [0.25, 0.3) is 0 Å². The zero-order chi connectivity index (χ0) is 12.3. The highest BCUT2D eigenvalue weighted by molar-refractivity contribution is 5.82. The van der Waals surface area contributed by atoms with Crippen LogP contribution >= 0.6 is 0 Å². The molecule has 0 spiro atoms. The summed E-state index contributed by atoms with van der Waals surface area (Å²) in [6, 6.07) is -0.0290. The van der Waals surface area contributed by atoms with Gasteiger partial charge in [0.1, 0.15) is 0 Å². The van der Waals surface area contributed by atoms with Crippen molar-refractivity contribution < 1.29 is 4.79 Å². The zero-order valence-corrected chi connectivity index (χ0v) is 11.0. The van der Waals surface area contributed by atoms with Gasteiger partial charge >= 0.3 is 0 Å². The fourth-order valence-corrected chi connectivity index (χ4v) is 2.70. The molecule has 1 aliphatic rings. The molecule has 1 heterocycles. The van der Waals surface area contributed by atoms with Crippen molar-refractivity contribution in [2.24, 2.45) is 5.73 Å². The molecule has 1 amide bonds. The van der Waals surface area contributed by atoms with Gasteiger partial charge in [0.2, 0.25) is 5.91 Å². The van der Waals surface area contributed by atoms with Crippen LogP contribution in [0.1, 0.15) is 33.6 Å². The van der Waals surface area contributed by atoms with Crippen molar-refractivity contribution in [1.82, 2.24) is 9.80 Å². The van der Waals surface area contributed by atoms with Gasteiger partial charge in [-0.1, -0.05) is 6.92 Å². The second-order valence-electron chi connectivity index (χ2n) is 5.29. The fraction of sp³-hybridized carbons (Fsp3) is 0.917. The molecule has 4 heteroatoms. The molecule has 4 nitrogen and oxygen atoms in total. The molecular formula is C12H25N3O. The van der Waals surface area contributed by atoms with E-state index in [2.05, 4.69) is 25.7 Å². The highest BCUT2D eigenvalue weighted by Crippen LogP contribution is 2.26. The monoisotopic (exact) mass is 227 g/mol. The van der Waals surface area contributed by atoms with Gasteiger partial charge in [0, 0.05) is 19.1 Å². The number of piperazine rings is 1. The van der Waals surface area contributed by atoms with Crippen molar-refractivity contribution >= 4 is 5.91 Å². The van der Waals surface area contributed by atoms with E-state index in [4.69, 9.17) is 5.73 Å². The molecule has 1 aliphatic heterocycles. The first-order valence-corrected chi connectivity index (χ1v) is 6.16. The third-order valence-corrected chi connectivity index (χ3v) is 3.34. The maximum atomic E-state index is 12.1. The number of likely N-dealkylation sites (N-methyl/N-ethyl adjacent to an activating group) is 1. The largest absolute Gasteiger partial charge is 0.343 e. The van der Waals surface area contributed by atoms with Crippen molar-refractivity contribution in [1.29, 1.82) is 0 Å². The molecule has 1 fully saturated rings. The summed E-state index contributed by atoms with van der Waals surface area (Å²) in [7, 11) is 1.89. The Morgan fingerprint density at radius 3 is 2.62 bits per heavy atom. The van der Waals surface area contributed by atoms with Crippen LogP contribution in [-0.4, -0.2) is 54.0 Å². The van der Waals surface area contributed by atoms with Gasteiger partial charge in [0.05, 0.1) is 6.04 Å². The number of amides is 1. The second kappa shape index (κ2) is 5.15. The Hall–Kier alpha value is -0.610. The predicted octanol–water partition coefficient (Wildman–Crippen LogP) is 0.666. The van der Waals surface area contributed by atoms with Crippen LogP contribution in [0.2, 0.25) is 0 Å². The Balaban J connectivity index is 2.90.